The lowest BCUT2D eigenvalue weighted by molar-refractivity contribution is -0.122. The molecule has 4 heteroatoms. The molecule has 1 amide bonds. The van der Waals surface area contributed by atoms with Crippen LogP contribution in [0.4, 0.5) is 5.69 Å². The van der Waals surface area contributed by atoms with E-state index in [1.807, 2.05) is 25.2 Å². The summed E-state index contributed by atoms with van der Waals surface area (Å²) in [5.74, 6) is 0.604. The minimum atomic E-state index is -0.0835. The van der Waals surface area contributed by atoms with Gasteiger partial charge in [0.25, 0.3) is 0 Å². The molecule has 0 radical (unpaired) electrons. The highest BCUT2D eigenvalue weighted by Gasteiger charge is 2.29. The van der Waals surface area contributed by atoms with Crippen molar-refractivity contribution in [3.05, 3.63) is 30.3 Å². The Morgan fingerprint density at radius 1 is 1.37 bits per heavy atom. The second-order valence-electron chi connectivity index (χ2n) is 5.25. The van der Waals surface area contributed by atoms with Crippen LogP contribution in [-0.4, -0.2) is 38.6 Å². The molecule has 1 aliphatic heterocycles. The molecule has 0 saturated carbocycles. The largest absolute Gasteiger partial charge is 0.359 e. The number of nitrogens with one attached hydrogen (secondary N) is 2. The fourth-order valence-electron chi connectivity index (χ4n) is 2.53. The topological polar surface area (TPSA) is 44.4 Å². The van der Waals surface area contributed by atoms with Crippen LogP contribution in [0.25, 0.3) is 0 Å². The molecule has 1 fully saturated rings. The molecular weight excluding hydrogens is 238 g/mol. The zero-order valence-corrected chi connectivity index (χ0v) is 11.7. The van der Waals surface area contributed by atoms with Gasteiger partial charge in [-0.05, 0) is 38.1 Å². The quantitative estimate of drug-likeness (QED) is 0.857. The van der Waals surface area contributed by atoms with Crippen molar-refractivity contribution in [1.29, 1.82) is 0 Å². The van der Waals surface area contributed by atoms with Gasteiger partial charge in [-0.1, -0.05) is 25.1 Å². The number of nitrogens with zero attached hydrogens (tertiary/aromatic N) is 1. The molecule has 1 aromatic carbocycles. The summed E-state index contributed by atoms with van der Waals surface area (Å²) in [5.41, 5.74) is 1.13. The zero-order valence-electron chi connectivity index (χ0n) is 11.7. The van der Waals surface area contributed by atoms with Gasteiger partial charge in [-0.25, -0.2) is 0 Å². The van der Waals surface area contributed by atoms with E-state index in [0.717, 1.165) is 31.7 Å². The molecule has 1 saturated heterocycles. The molecule has 2 rings (SSSR count). The Balaban J connectivity index is 2.24. The third-order valence-corrected chi connectivity index (χ3v) is 3.57. The molecule has 0 aromatic heterocycles. The molecule has 1 aliphatic rings. The van der Waals surface area contributed by atoms with Gasteiger partial charge in [0.1, 0.15) is 6.04 Å². The molecule has 104 valence electrons. The Labute approximate surface area is 115 Å². The first-order chi connectivity index (χ1) is 9.22. The lowest BCUT2D eigenvalue weighted by Crippen LogP contribution is -2.45. The minimum absolute atomic E-state index is 0.0835. The summed E-state index contributed by atoms with van der Waals surface area (Å²) in [4.78, 5) is 14.5. The maximum Gasteiger partial charge on any atom is 0.242 e. The molecule has 0 bridgehead atoms. The fourth-order valence-corrected chi connectivity index (χ4v) is 2.53. The van der Waals surface area contributed by atoms with Crippen molar-refractivity contribution >= 4 is 11.6 Å². The van der Waals surface area contributed by atoms with Crippen molar-refractivity contribution in [2.45, 2.75) is 19.4 Å². The highest BCUT2D eigenvalue weighted by atomic mass is 16.2. The van der Waals surface area contributed by atoms with Crippen molar-refractivity contribution < 1.29 is 4.79 Å². The van der Waals surface area contributed by atoms with Crippen molar-refractivity contribution in [3.63, 3.8) is 0 Å². The van der Waals surface area contributed by atoms with Gasteiger partial charge in [-0.15, -0.1) is 0 Å². The molecule has 2 unspecified atom stereocenters. The van der Waals surface area contributed by atoms with Crippen LogP contribution in [0.1, 0.15) is 13.3 Å². The van der Waals surface area contributed by atoms with Crippen molar-refractivity contribution in [1.82, 2.24) is 10.6 Å². The van der Waals surface area contributed by atoms with Gasteiger partial charge in [0.2, 0.25) is 5.91 Å². The van der Waals surface area contributed by atoms with Crippen LogP contribution >= 0.6 is 0 Å². The number of hydrogen-bond acceptors (Lipinski definition) is 3. The number of anilines is 1. The smallest absolute Gasteiger partial charge is 0.242 e. The highest BCUT2D eigenvalue weighted by Crippen LogP contribution is 2.21. The second-order valence-corrected chi connectivity index (χ2v) is 5.25. The predicted octanol–water partition coefficient (Wildman–Crippen LogP) is 1.24. The third kappa shape index (κ3) is 3.47. The Morgan fingerprint density at radius 3 is 2.79 bits per heavy atom. The predicted molar refractivity (Wildman–Crippen MR) is 78.3 cm³/mol. The molecule has 2 atom stereocenters. The number of rotatable bonds is 4. The number of amides is 1. The lowest BCUT2D eigenvalue weighted by Gasteiger charge is -2.31. The summed E-state index contributed by atoms with van der Waals surface area (Å²) in [6.45, 7) is 4.70. The number of benzene rings is 1. The van der Waals surface area contributed by atoms with Crippen LogP contribution in [0.2, 0.25) is 0 Å². The maximum atomic E-state index is 12.3. The maximum absolute atomic E-state index is 12.3. The van der Waals surface area contributed by atoms with Gasteiger partial charge in [-0.2, -0.15) is 0 Å². The SMILES string of the molecule is CNCCC1C(=O)NCC(C)CN1c1ccccc1. The van der Waals surface area contributed by atoms with Crippen LogP contribution in [0.3, 0.4) is 0 Å². The number of carbonyl (C=O) groups is 1. The Kier molecular flexibility index (Phi) is 4.80. The molecule has 1 heterocycles. The molecule has 2 N–H and O–H groups in total. The average molecular weight is 261 g/mol. The van der Waals surface area contributed by atoms with Gasteiger partial charge in [-0.3, -0.25) is 4.79 Å². The summed E-state index contributed by atoms with van der Waals surface area (Å²) < 4.78 is 0. The standard InChI is InChI=1S/C15H23N3O/c1-12-10-17-15(19)14(8-9-16-2)18(11-12)13-6-4-3-5-7-13/h3-7,12,14,16H,8-11H2,1-2H3,(H,17,19). The molecule has 19 heavy (non-hydrogen) atoms. The van der Waals surface area contributed by atoms with E-state index in [1.54, 1.807) is 0 Å². The average Bonchev–Trinajstić information content (AvgIpc) is 2.58. The molecule has 0 aliphatic carbocycles. The lowest BCUT2D eigenvalue weighted by atomic mass is 10.1. The third-order valence-electron chi connectivity index (χ3n) is 3.57. The second kappa shape index (κ2) is 6.57. The van der Waals surface area contributed by atoms with Crippen molar-refractivity contribution in [2.24, 2.45) is 5.92 Å². The van der Waals surface area contributed by atoms with E-state index >= 15 is 0 Å². The zero-order chi connectivity index (χ0) is 13.7. The van der Waals surface area contributed by atoms with Crippen LogP contribution in [0, 0.1) is 5.92 Å². The van der Waals surface area contributed by atoms with Gasteiger partial charge in [0.15, 0.2) is 0 Å². The van der Waals surface area contributed by atoms with E-state index in [9.17, 15) is 4.79 Å². The molecule has 1 aromatic rings. The first kappa shape index (κ1) is 13.9. The monoisotopic (exact) mass is 261 g/mol. The van der Waals surface area contributed by atoms with E-state index in [0.29, 0.717) is 5.92 Å². The molecular formula is C15H23N3O. The van der Waals surface area contributed by atoms with Crippen molar-refractivity contribution in [2.75, 3.05) is 31.6 Å². The normalized spacial score (nSPS) is 23.9. The van der Waals surface area contributed by atoms with Crippen LogP contribution < -0.4 is 15.5 Å². The first-order valence-corrected chi connectivity index (χ1v) is 6.96. The summed E-state index contributed by atoms with van der Waals surface area (Å²) in [6.07, 6.45) is 0.823. The van der Waals surface area contributed by atoms with E-state index in [4.69, 9.17) is 0 Å². The highest BCUT2D eigenvalue weighted by molar-refractivity contribution is 5.85. The summed E-state index contributed by atoms with van der Waals surface area (Å²) >= 11 is 0. The van der Waals surface area contributed by atoms with E-state index in [1.165, 1.54) is 0 Å². The fraction of sp³-hybridized carbons (Fsp3) is 0.533. The van der Waals surface area contributed by atoms with Gasteiger partial charge >= 0.3 is 0 Å². The van der Waals surface area contributed by atoms with Crippen LogP contribution in [0.15, 0.2) is 30.3 Å². The van der Waals surface area contributed by atoms with Gasteiger partial charge in [0.05, 0.1) is 0 Å². The van der Waals surface area contributed by atoms with E-state index in [-0.39, 0.29) is 11.9 Å². The van der Waals surface area contributed by atoms with E-state index < -0.39 is 0 Å². The number of hydrogen-bond donors (Lipinski definition) is 2. The molecule has 0 spiro atoms. The van der Waals surface area contributed by atoms with Gasteiger partial charge in [0, 0.05) is 18.8 Å². The van der Waals surface area contributed by atoms with Crippen LogP contribution in [0.5, 0.6) is 0 Å². The summed E-state index contributed by atoms with van der Waals surface area (Å²) in [7, 11) is 1.92. The molecule has 4 nitrogen and oxygen atoms in total. The number of para-hydroxylation sites is 1. The first-order valence-electron chi connectivity index (χ1n) is 6.96. The van der Waals surface area contributed by atoms with Gasteiger partial charge < -0.3 is 15.5 Å². The Hall–Kier alpha value is -1.55. The number of carbonyl (C=O) groups excluding carboxylic acids is 1. The van der Waals surface area contributed by atoms with E-state index in [2.05, 4.69) is 34.6 Å². The minimum Gasteiger partial charge on any atom is -0.359 e. The summed E-state index contributed by atoms with van der Waals surface area (Å²) in [6, 6.07) is 10.1. The van der Waals surface area contributed by atoms with Crippen LogP contribution in [-0.2, 0) is 4.79 Å². The summed E-state index contributed by atoms with van der Waals surface area (Å²) in [5, 5.41) is 6.18. The Bertz CT molecular complexity index is 407. The van der Waals surface area contributed by atoms with Crippen molar-refractivity contribution in [3.8, 4) is 0 Å². The Morgan fingerprint density at radius 2 is 2.11 bits per heavy atom.